The van der Waals surface area contributed by atoms with Gasteiger partial charge in [-0.15, -0.1) is 0 Å². The summed E-state index contributed by atoms with van der Waals surface area (Å²) < 4.78 is 0. The second-order valence-corrected chi connectivity index (χ2v) is 5.36. The number of carbonyl (C=O) groups is 1. The van der Waals surface area contributed by atoms with Gasteiger partial charge in [-0.25, -0.2) is 9.97 Å². The van der Waals surface area contributed by atoms with Gasteiger partial charge in [-0.3, -0.25) is 9.78 Å². The average Bonchev–Trinajstić information content (AvgIpc) is 2.69. The predicted molar refractivity (Wildman–Crippen MR) is 96.6 cm³/mol. The van der Waals surface area contributed by atoms with Crippen molar-refractivity contribution in [1.82, 2.24) is 20.3 Å². The number of aromatic nitrogens is 3. The monoisotopic (exact) mass is 333 g/mol. The summed E-state index contributed by atoms with van der Waals surface area (Å²) in [5, 5.41) is 2.86. The largest absolute Gasteiger partial charge is 0.347 e. The molecule has 0 spiro atoms. The van der Waals surface area contributed by atoms with Crippen LogP contribution >= 0.6 is 0 Å². The van der Waals surface area contributed by atoms with Crippen LogP contribution in [-0.2, 0) is 6.54 Å². The van der Waals surface area contributed by atoms with Gasteiger partial charge in [0.2, 0.25) is 5.95 Å². The number of rotatable bonds is 6. The van der Waals surface area contributed by atoms with E-state index in [-0.39, 0.29) is 5.91 Å². The van der Waals surface area contributed by atoms with E-state index >= 15 is 0 Å². The van der Waals surface area contributed by atoms with Gasteiger partial charge in [0.05, 0.1) is 0 Å². The van der Waals surface area contributed by atoms with Gasteiger partial charge in [-0.2, -0.15) is 0 Å². The summed E-state index contributed by atoms with van der Waals surface area (Å²) in [5.41, 5.74) is 2.31. The van der Waals surface area contributed by atoms with Gasteiger partial charge in [-0.05, 0) is 42.8 Å². The number of hydrogen-bond donors (Lipinski definition) is 1. The minimum Gasteiger partial charge on any atom is -0.347 e. The lowest BCUT2D eigenvalue weighted by molar-refractivity contribution is 0.0946. The van der Waals surface area contributed by atoms with Crippen LogP contribution in [0.1, 0.15) is 23.0 Å². The number of benzene rings is 1. The molecule has 0 fully saturated rings. The molecular weight excluding hydrogens is 314 g/mol. The Morgan fingerprint density at radius 1 is 1.04 bits per heavy atom. The molecule has 3 aromatic rings. The number of pyridine rings is 1. The van der Waals surface area contributed by atoms with Crippen molar-refractivity contribution < 1.29 is 4.79 Å². The molecule has 25 heavy (non-hydrogen) atoms. The van der Waals surface area contributed by atoms with Crippen LogP contribution in [0.15, 0.2) is 67.1 Å². The molecule has 2 aromatic heterocycles. The van der Waals surface area contributed by atoms with Gasteiger partial charge < -0.3 is 10.2 Å². The van der Waals surface area contributed by atoms with E-state index in [0.29, 0.717) is 24.7 Å². The molecule has 1 amide bonds. The lowest BCUT2D eigenvalue weighted by atomic mass is 10.2. The Balaban J connectivity index is 1.75. The third kappa shape index (κ3) is 4.17. The molecule has 0 unspecified atom stereocenters. The Bertz CT molecular complexity index is 823. The second kappa shape index (κ2) is 8.01. The number of carbonyl (C=O) groups excluding carboxylic acids is 1. The highest BCUT2D eigenvalue weighted by atomic mass is 16.1. The van der Waals surface area contributed by atoms with Crippen molar-refractivity contribution in [3.63, 3.8) is 0 Å². The van der Waals surface area contributed by atoms with E-state index in [1.165, 1.54) is 0 Å². The molecule has 0 aliphatic rings. The molecule has 1 N–H and O–H groups in total. The SMILES string of the molecule is CCN(c1ccccc1)c1nccc(C(=O)NCc2ccncc2)n1. The molecule has 0 atom stereocenters. The summed E-state index contributed by atoms with van der Waals surface area (Å²) in [6.07, 6.45) is 5.00. The number of hydrogen-bond acceptors (Lipinski definition) is 5. The summed E-state index contributed by atoms with van der Waals surface area (Å²) in [7, 11) is 0. The van der Waals surface area contributed by atoms with Gasteiger partial charge in [0.1, 0.15) is 5.69 Å². The lowest BCUT2D eigenvalue weighted by Gasteiger charge is -2.21. The number of nitrogens with zero attached hydrogens (tertiary/aromatic N) is 4. The highest BCUT2D eigenvalue weighted by Crippen LogP contribution is 2.20. The maximum atomic E-state index is 12.4. The van der Waals surface area contributed by atoms with Crippen LogP contribution in [0, 0.1) is 0 Å². The number of amides is 1. The maximum Gasteiger partial charge on any atom is 0.270 e. The van der Waals surface area contributed by atoms with Crippen molar-refractivity contribution in [2.24, 2.45) is 0 Å². The quantitative estimate of drug-likeness (QED) is 0.751. The van der Waals surface area contributed by atoms with E-state index in [2.05, 4.69) is 20.3 Å². The van der Waals surface area contributed by atoms with Gasteiger partial charge in [0.25, 0.3) is 5.91 Å². The highest BCUT2D eigenvalue weighted by Gasteiger charge is 2.13. The van der Waals surface area contributed by atoms with E-state index in [1.807, 2.05) is 54.3 Å². The molecular formula is C19H19N5O. The third-order valence-electron chi connectivity index (χ3n) is 3.70. The Kier molecular flexibility index (Phi) is 5.31. The third-order valence-corrected chi connectivity index (χ3v) is 3.70. The normalized spacial score (nSPS) is 10.3. The van der Waals surface area contributed by atoms with E-state index in [4.69, 9.17) is 0 Å². The predicted octanol–water partition coefficient (Wildman–Crippen LogP) is 2.96. The summed E-state index contributed by atoms with van der Waals surface area (Å²) in [6.45, 7) is 3.15. The van der Waals surface area contributed by atoms with Crippen molar-refractivity contribution in [3.05, 3.63) is 78.4 Å². The molecule has 0 radical (unpaired) electrons. The second-order valence-electron chi connectivity index (χ2n) is 5.36. The van der Waals surface area contributed by atoms with Crippen LogP contribution in [0.5, 0.6) is 0 Å². The van der Waals surface area contributed by atoms with Crippen LogP contribution in [0.25, 0.3) is 0 Å². The zero-order valence-corrected chi connectivity index (χ0v) is 14.0. The molecule has 6 nitrogen and oxygen atoms in total. The molecule has 1 aromatic carbocycles. The van der Waals surface area contributed by atoms with Gasteiger partial charge in [0.15, 0.2) is 0 Å². The lowest BCUT2D eigenvalue weighted by Crippen LogP contribution is -2.25. The van der Waals surface area contributed by atoms with E-state index in [0.717, 1.165) is 11.3 Å². The van der Waals surface area contributed by atoms with E-state index in [1.54, 1.807) is 24.7 Å². The van der Waals surface area contributed by atoms with Crippen molar-refractivity contribution in [1.29, 1.82) is 0 Å². The molecule has 126 valence electrons. The molecule has 3 rings (SSSR count). The van der Waals surface area contributed by atoms with Crippen molar-refractivity contribution in [2.75, 3.05) is 11.4 Å². The Hall–Kier alpha value is -3.28. The first-order valence-electron chi connectivity index (χ1n) is 8.10. The van der Waals surface area contributed by atoms with Crippen LogP contribution in [-0.4, -0.2) is 27.4 Å². The smallest absolute Gasteiger partial charge is 0.270 e. The van der Waals surface area contributed by atoms with Crippen molar-refractivity contribution in [3.8, 4) is 0 Å². The summed E-state index contributed by atoms with van der Waals surface area (Å²) in [5.74, 6) is 0.273. The fourth-order valence-electron chi connectivity index (χ4n) is 2.43. The maximum absolute atomic E-state index is 12.4. The fraction of sp³-hybridized carbons (Fsp3) is 0.158. The molecule has 0 saturated carbocycles. The van der Waals surface area contributed by atoms with Crippen LogP contribution in [0.2, 0.25) is 0 Å². The number of anilines is 2. The van der Waals surface area contributed by atoms with Crippen molar-refractivity contribution >= 4 is 17.5 Å². The minimum absolute atomic E-state index is 0.232. The molecule has 0 saturated heterocycles. The molecule has 0 aliphatic heterocycles. The molecule has 2 heterocycles. The first-order chi connectivity index (χ1) is 12.3. The first-order valence-corrected chi connectivity index (χ1v) is 8.10. The number of nitrogens with one attached hydrogen (secondary N) is 1. The first kappa shape index (κ1) is 16.6. The Morgan fingerprint density at radius 2 is 1.80 bits per heavy atom. The number of para-hydroxylation sites is 1. The van der Waals surface area contributed by atoms with Crippen LogP contribution in [0.4, 0.5) is 11.6 Å². The van der Waals surface area contributed by atoms with E-state index < -0.39 is 0 Å². The fourth-order valence-corrected chi connectivity index (χ4v) is 2.43. The van der Waals surface area contributed by atoms with E-state index in [9.17, 15) is 4.79 Å². The Morgan fingerprint density at radius 3 is 2.52 bits per heavy atom. The molecule has 6 heteroatoms. The zero-order valence-electron chi connectivity index (χ0n) is 14.0. The standard InChI is InChI=1S/C19H19N5O/c1-2-24(16-6-4-3-5-7-16)19-21-13-10-17(23-19)18(25)22-14-15-8-11-20-12-9-15/h3-13H,2,14H2,1H3,(H,22,25). The average molecular weight is 333 g/mol. The summed E-state index contributed by atoms with van der Waals surface area (Å²) >= 11 is 0. The molecule has 0 bridgehead atoms. The van der Waals surface area contributed by atoms with Gasteiger partial charge in [-0.1, -0.05) is 18.2 Å². The zero-order chi connectivity index (χ0) is 17.5. The van der Waals surface area contributed by atoms with Gasteiger partial charge >= 0.3 is 0 Å². The van der Waals surface area contributed by atoms with Crippen molar-refractivity contribution in [2.45, 2.75) is 13.5 Å². The summed E-state index contributed by atoms with van der Waals surface area (Å²) in [6, 6.07) is 15.2. The van der Waals surface area contributed by atoms with Crippen LogP contribution in [0.3, 0.4) is 0 Å². The van der Waals surface area contributed by atoms with Gasteiger partial charge in [0, 0.05) is 37.4 Å². The minimum atomic E-state index is -0.232. The van der Waals surface area contributed by atoms with Crippen LogP contribution < -0.4 is 10.2 Å². The topological polar surface area (TPSA) is 71.0 Å². The highest BCUT2D eigenvalue weighted by molar-refractivity contribution is 5.92. The summed E-state index contributed by atoms with van der Waals surface area (Å²) in [4.78, 5) is 27.0. The molecule has 0 aliphatic carbocycles. The Labute approximate surface area is 146 Å².